The number of carbonyl (C=O) groups excluding carboxylic acids is 1. The number of nitrogens with zero attached hydrogens (tertiary/aromatic N) is 2. The Morgan fingerprint density at radius 3 is 2.33 bits per heavy atom. The van der Waals surface area contributed by atoms with Crippen LogP contribution >= 0.6 is 0 Å². The fraction of sp³-hybridized carbons (Fsp3) is 0.650. The number of aliphatic hydroxyl groups is 1. The molecule has 1 heterocycles. The molecule has 3 rings (SSSR count). The standard InChI is InChI=1S/C20H30N2O2/c1-21(19(23)15-20(24)11-3-4-12-20)16-17-7-9-18(10-8-17)22-13-5-2-6-14-22/h7-10,24H,2-6,11-16H2,1H3. The molecule has 0 unspecified atom stereocenters. The molecular formula is C20H30N2O2. The van der Waals surface area contributed by atoms with Crippen molar-refractivity contribution in [2.24, 2.45) is 0 Å². The van der Waals surface area contributed by atoms with E-state index in [1.54, 1.807) is 4.90 Å². The Balaban J connectivity index is 1.53. The van der Waals surface area contributed by atoms with Gasteiger partial charge < -0.3 is 14.9 Å². The molecule has 0 atom stereocenters. The van der Waals surface area contributed by atoms with E-state index >= 15 is 0 Å². The lowest BCUT2D eigenvalue weighted by Gasteiger charge is -2.29. The Kier molecular flexibility index (Phi) is 5.44. The summed E-state index contributed by atoms with van der Waals surface area (Å²) < 4.78 is 0. The van der Waals surface area contributed by atoms with Gasteiger partial charge in [-0.2, -0.15) is 0 Å². The highest BCUT2D eigenvalue weighted by molar-refractivity contribution is 5.77. The summed E-state index contributed by atoms with van der Waals surface area (Å²) in [7, 11) is 1.83. The average molecular weight is 330 g/mol. The first-order valence-corrected chi connectivity index (χ1v) is 9.36. The van der Waals surface area contributed by atoms with E-state index < -0.39 is 5.60 Å². The summed E-state index contributed by atoms with van der Waals surface area (Å²) >= 11 is 0. The van der Waals surface area contributed by atoms with E-state index in [9.17, 15) is 9.90 Å². The van der Waals surface area contributed by atoms with Gasteiger partial charge in [0.2, 0.25) is 5.91 Å². The molecule has 2 aliphatic rings. The highest BCUT2D eigenvalue weighted by Crippen LogP contribution is 2.32. The number of amides is 1. The summed E-state index contributed by atoms with van der Waals surface area (Å²) in [6.07, 6.45) is 7.75. The summed E-state index contributed by atoms with van der Waals surface area (Å²) in [4.78, 5) is 16.6. The quantitative estimate of drug-likeness (QED) is 0.900. The molecule has 1 saturated heterocycles. The molecule has 4 heteroatoms. The Bertz CT molecular complexity index is 543. The zero-order valence-electron chi connectivity index (χ0n) is 14.8. The van der Waals surface area contributed by atoms with Crippen LogP contribution in [0.5, 0.6) is 0 Å². The summed E-state index contributed by atoms with van der Waals surface area (Å²) in [6.45, 7) is 2.90. The third-order valence-electron chi connectivity index (χ3n) is 5.52. The van der Waals surface area contributed by atoms with Crippen molar-refractivity contribution in [1.29, 1.82) is 0 Å². The minimum Gasteiger partial charge on any atom is -0.389 e. The van der Waals surface area contributed by atoms with Gasteiger partial charge in [-0.3, -0.25) is 4.79 Å². The fourth-order valence-corrected chi connectivity index (χ4v) is 3.95. The largest absolute Gasteiger partial charge is 0.389 e. The lowest BCUT2D eigenvalue weighted by Crippen LogP contribution is -2.35. The molecule has 0 radical (unpaired) electrons. The Labute approximate surface area is 145 Å². The Morgan fingerprint density at radius 1 is 1.08 bits per heavy atom. The van der Waals surface area contributed by atoms with Gasteiger partial charge in [0.05, 0.1) is 12.0 Å². The second-order valence-electron chi connectivity index (χ2n) is 7.57. The molecule has 0 aromatic heterocycles. The lowest BCUT2D eigenvalue weighted by molar-refractivity contribution is -0.135. The first-order valence-electron chi connectivity index (χ1n) is 9.36. The van der Waals surface area contributed by atoms with E-state index in [0.717, 1.165) is 44.3 Å². The van der Waals surface area contributed by atoms with Gasteiger partial charge >= 0.3 is 0 Å². The monoisotopic (exact) mass is 330 g/mol. The van der Waals surface area contributed by atoms with Crippen molar-refractivity contribution in [3.8, 4) is 0 Å². The summed E-state index contributed by atoms with van der Waals surface area (Å²) in [5, 5.41) is 10.4. The van der Waals surface area contributed by atoms with Crippen LogP contribution in [0.1, 0.15) is 56.9 Å². The second-order valence-corrected chi connectivity index (χ2v) is 7.57. The maximum Gasteiger partial charge on any atom is 0.225 e. The predicted octanol–water partition coefficient (Wildman–Crippen LogP) is 3.33. The molecule has 1 aromatic carbocycles. The van der Waals surface area contributed by atoms with Crippen molar-refractivity contribution in [1.82, 2.24) is 4.90 Å². The van der Waals surface area contributed by atoms with E-state index in [4.69, 9.17) is 0 Å². The normalized spacial score (nSPS) is 20.2. The van der Waals surface area contributed by atoms with E-state index in [1.165, 1.54) is 24.9 Å². The Hall–Kier alpha value is -1.55. The van der Waals surface area contributed by atoms with Crippen molar-refractivity contribution in [3.63, 3.8) is 0 Å². The molecule has 1 N–H and O–H groups in total. The molecule has 4 nitrogen and oxygen atoms in total. The molecule has 1 aromatic rings. The summed E-state index contributed by atoms with van der Waals surface area (Å²) in [5.74, 6) is 0.0412. The number of anilines is 1. The van der Waals surface area contributed by atoms with Gasteiger partial charge in [0.15, 0.2) is 0 Å². The van der Waals surface area contributed by atoms with Gasteiger partial charge in [-0.1, -0.05) is 25.0 Å². The van der Waals surface area contributed by atoms with Crippen LogP contribution < -0.4 is 4.90 Å². The highest BCUT2D eigenvalue weighted by Gasteiger charge is 2.34. The minimum absolute atomic E-state index is 0.0412. The van der Waals surface area contributed by atoms with Crippen molar-refractivity contribution in [2.45, 2.75) is 63.5 Å². The maximum absolute atomic E-state index is 12.4. The first-order chi connectivity index (χ1) is 11.6. The van der Waals surface area contributed by atoms with Gasteiger partial charge in [0.25, 0.3) is 0 Å². The number of hydrogen-bond donors (Lipinski definition) is 1. The van der Waals surface area contributed by atoms with Crippen LogP contribution in [0.2, 0.25) is 0 Å². The summed E-state index contributed by atoms with van der Waals surface area (Å²) in [6, 6.07) is 8.59. The van der Waals surface area contributed by atoms with Gasteiger partial charge in [0.1, 0.15) is 0 Å². The molecule has 24 heavy (non-hydrogen) atoms. The topological polar surface area (TPSA) is 43.8 Å². The van der Waals surface area contributed by atoms with Crippen LogP contribution in [0, 0.1) is 0 Å². The number of hydrogen-bond acceptors (Lipinski definition) is 3. The van der Waals surface area contributed by atoms with Crippen LogP contribution in [0.3, 0.4) is 0 Å². The summed E-state index contributed by atoms with van der Waals surface area (Å²) in [5.41, 5.74) is 1.67. The third kappa shape index (κ3) is 4.29. The third-order valence-corrected chi connectivity index (χ3v) is 5.52. The molecule has 1 aliphatic carbocycles. The molecule has 1 amide bonds. The van der Waals surface area contributed by atoms with E-state index in [2.05, 4.69) is 29.2 Å². The zero-order valence-corrected chi connectivity index (χ0v) is 14.8. The molecule has 1 aliphatic heterocycles. The molecule has 0 spiro atoms. The van der Waals surface area contributed by atoms with E-state index in [1.807, 2.05) is 7.05 Å². The molecule has 2 fully saturated rings. The molecule has 1 saturated carbocycles. The molecule has 132 valence electrons. The van der Waals surface area contributed by atoms with Gasteiger partial charge in [-0.25, -0.2) is 0 Å². The second kappa shape index (κ2) is 7.56. The van der Waals surface area contributed by atoms with Crippen molar-refractivity contribution in [2.75, 3.05) is 25.0 Å². The van der Waals surface area contributed by atoms with Crippen molar-refractivity contribution >= 4 is 11.6 Å². The maximum atomic E-state index is 12.4. The van der Waals surface area contributed by atoms with E-state index in [-0.39, 0.29) is 12.3 Å². The van der Waals surface area contributed by atoms with Crippen LogP contribution in [-0.2, 0) is 11.3 Å². The SMILES string of the molecule is CN(Cc1ccc(N2CCCCC2)cc1)C(=O)CC1(O)CCCC1. The van der Waals surface area contributed by atoms with E-state index in [0.29, 0.717) is 6.54 Å². The average Bonchev–Trinajstić information content (AvgIpc) is 3.02. The van der Waals surface area contributed by atoms with Crippen LogP contribution in [-0.4, -0.2) is 41.7 Å². The smallest absolute Gasteiger partial charge is 0.225 e. The minimum atomic E-state index is -0.760. The number of piperidine rings is 1. The number of benzene rings is 1. The number of rotatable bonds is 5. The first kappa shape index (κ1) is 17.3. The van der Waals surface area contributed by atoms with Gasteiger partial charge in [-0.15, -0.1) is 0 Å². The Morgan fingerprint density at radius 2 is 1.71 bits per heavy atom. The zero-order chi connectivity index (χ0) is 17.0. The predicted molar refractivity (Wildman–Crippen MR) is 97.0 cm³/mol. The highest BCUT2D eigenvalue weighted by atomic mass is 16.3. The lowest BCUT2D eigenvalue weighted by atomic mass is 9.97. The van der Waals surface area contributed by atoms with Crippen molar-refractivity contribution < 1.29 is 9.90 Å². The van der Waals surface area contributed by atoms with Crippen molar-refractivity contribution in [3.05, 3.63) is 29.8 Å². The van der Waals surface area contributed by atoms with Crippen LogP contribution in [0.15, 0.2) is 24.3 Å². The van der Waals surface area contributed by atoms with Gasteiger partial charge in [0, 0.05) is 32.4 Å². The number of carbonyl (C=O) groups is 1. The van der Waals surface area contributed by atoms with Gasteiger partial charge in [-0.05, 0) is 49.8 Å². The molecular weight excluding hydrogens is 300 g/mol. The molecule has 0 bridgehead atoms. The fourth-order valence-electron chi connectivity index (χ4n) is 3.95. The van der Waals surface area contributed by atoms with Crippen LogP contribution in [0.4, 0.5) is 5.69 Å². The van der Waals surface area contributed by atoms with Crippen LogP contribution in [0.25, 0.3) is 0 Å².